The second-order valence-electron chi connectivity index (χ2n) is 7.52. The third-order valence-electron chi connectivity index (χ3n) is 5.00. The molecule has 4 aromatic rings. The van der Waals surface area contributed by atoms with Crippen molar-refractivity contribution in [2.24, 2.45) is 0 Å². The third kappa shape index (κ3) is 6.10. The van der Waals surface area contributed by atoms with Crippen molar-refractivity contribution in [2.45, 2.75) is 12.8 Å². The van der Waals surface area contributed by atoms with Crippen LogP contribution in [0.4, 0.5) is 18.9 Å². The van der Waals surface area contributed by atoms with Gasteiger partial charge in [-0.1, -0.05) is 12.1 Å². The van der Waals surface area contributed by atoms with E-state index in [1.807, 2.05) is 35.0 Å². The van der Waals surface area contributed by atoms with Crippen molar-refractivity contribution in [2.75, 3.05) is 25.6 Å². The van der Waals surface area contributed by atoms with E-state index in [-0.39, 0.29) is 36.8 Å². The fraction of sp³-hybridized carbons (Fsp3) is 0.200. The zero-order chi connectivity index (χ0) is 24.8. The minimum Gasteiger partial charge on any atom is -0.489 e. The molecule has 0 bridgehead atoms. The largest absolute Gasteiger partial charge is 0.489 e. The van der Waals surface area contributed by atoms with E-state index in [4.69, 9.17) is 14.2 Å². The molecule has 2 aromatic heterocycles. The maximum atomic E-state index is 13.2. The lowest BCUT2D eigenvalue weighted by molar-refractivity contribution is -0.137. The molecule has 0 atom stereocenters. The van der Waals surface area contributed by atoms with Gasteiger partial charge in [-0.15, -0.1) is 0 Å². The summed E-state index contributed by atoms with van der Waals surface area (Å²) in [6.07, 6.45) is -0.862. The number of halogens is 3. The van der Waals surface area contributed by atoms with E-state index in [0.29, 0.717) is 11.4 Å². The highest BCUT2D eigenvalue weighted by atomic mass is 19.4. The van der Waals surface area contributed by atoms with Crippen molar-refractivity contribution in [1.82, 2.24) is 9.38 Å². The quantitative estimate of drug-likeness (QED) is 0.330. The molecule has 1 amide bonds. The van der Waals surface area contributed by atoms with Gasteiger partial charge in [0.15, 0.2) is 0 Å². The highest BCUT2D eigenvalue weighted by Gasteiger charge is 2.31. The highest BCUT2D eigenvalue weighted by molar-refractivity contribution is 6.05. The third-order valence-corrected chi connectivity index (χ3v) is 5.00. The summed E-state index contributed by atoms with van der Waals surface area (Å²) in [6.45, 7) is 0.523. The average Bonchev–Trinajstić information content (AvgIpc) is 3.26. The number of fused-ring (bicyclic) bond motifs is 1. The molecule has 2 aromatic carbocycles. The van der Waals surface area contributed by atoms with E-state index in [1.54, 1.807) is 12.1 Å². The Bertz CT molecular complexity index is 1290. The number of pyridine rings is 1. The molecule has 4 rings (SSSR count). The second-order valence-corrected chi connectivity index (χ2v) is 7.52. The summed E-state index contributed by atoms with van der Waals surface area (Å²) in [6, 6.07) is 14.9. The number of aromatic nitrogens is 2. The molecule has 0 saturated carbocycles. The van der Waals surface area contributed by atoms with Gasteiger partial charge in [-0.2, -0.15) is 13.2 Å². The Balaban J connectivity index is 1.48. The molecule has 0 aliphatic heterocycles. The zero-order valence-corrected chi connectivity index (χ0v) is 18.7. The average molecular weight is 485 g/mol. The Morgan fingerprint density at radius 1 is 1.03 bits per heavy atom. The molecule has 7 nitrogen and oxygen atoms in total. The van der Waals surface area contributed by atoms with Crippen LogP contribution < -0.4 is 14.8 Å². The number of methoxy groups -OCH3 is 1. The number of hydrogen-bond donors (Lipinski definition) is 1. The van der Waals surface area contributed by atoms with Crippen LogP contribution in [-0.2, 0) is 17.5 Å². The molecule has 1 N–H and O–H groups in total. The van der Waals surface area contributed by atoms with Crippen molar-refractivity contribution in [3.05, 3.63) is 89.9 Å². The van der Waals surface area contributed by atoms with E-state index in [1.165, 1.54) is 25.3 Å². The van der Waals surface area contributed by atoms with Gasteiger partial charge in [-0.25, -0.2) is 4.98 Å². The van der Waals surface area contributed by atoms with Gasteiger partial charge >= 0.3 is 6.18 Å². The van der Waals surface area contributed by atoms with Gasteiger partial charge in [0, 0.05) is 25.1 Å². The van der Waals surface area contributed by atoms with Gasteiger partial charge in [-0.05, 0) is 48.5 Å². The molecule has 0 spiro atoms. The maximum absolute atomic E-state index is 13.2. The van der Waals surface area contributed by atoms with E-state index < -0.39 is 17.6 Å². The number of alkyl halides is 3. The Hall–Kier alpha value is -4.05. The highest BCUT2D eigenvalue weighted by Crippen LogP contribution is 2.35. The lowest BCUT2D eigenvalue weighted by Gasteiger charge is -2.15. The van der Waals surface area contributed by atoms with Crippen LogP contribution in [0.5, 0.6) is 11.5 Å². The number of nitrogens with zero attached hydrogens (tertiary/aromatic N) is 2. The van der Waals surface area contributed by atoms with Crippen LogP contribution in [0, 0.1) is 0 Å². The van der Waals surface area contributed by atoms with Crippen molar-refractivity contribution in [1.29, 1.82) is 0 Å². The molecule has 2 heterocycles. The number of anilines is 1. The van der Waals surface area contributed by atoms with Gasteiger partial charge < -0.3 is 23.9 Å². The molecular formula is C25H22F3N3O4. The first kappa shape index (κ1) is 24.1. The summed E-state index contributed by atoms with van der Waals surface area (Å²) in [4.78, 5) is 17.3. The monoisotopic (exact) mass is 485 g/mol. The minimum atomic E-state index is -4.57. The Labute approximate surface area is 199 Å². The van der Waals surface area contributed by atoms with Gasteiger partial charge in [0.25, 0.3) is 5.91 Å². The fourth-order valence-electron chi connectivity index (χ4n) is 3.30. The van der Waals surface area contributed by atoms with E-state index >= 15 is 0 Å². The van der Waals surface area contributed by atoms with E-state index in [2.05, 4.69) is 10.3 Å². The van der Waals surface area contributed by atoms with Gasteiger partial charge in [0.2, 0.25) is 0 Å². The molecular weight excluding hydrogens is 463 g/mol. The summed E-state index contributed by atoms with van der Waals surface area (Å²) >= 11 is 0. The van der Waals surface area contributed by atoms with Crippen LogP contribution in [0.1, 0.15) is 21.6 Å². The predicted molar refractivity (Wildman–Crippen MR) is 123 cm³/mol. The van der Waals surface area contributed by atoms with Crippen molar-refractivity contribution < 1.29 is 32.2 Å². The van der Waals surface area contributed by atoms with E-state index in [9.17, 15) is 18.0 Å². The first-order valence-corrected chi connectivity index (χ1v) is 10.6. The molecule has 182 valence electrons. The molecule has 0 radical (unpaired) electrons. The fourth-order valence-corrected chi connectivity index (χ4v) is 3.30. The maximum Gasteiger partial charge on any atom is 0.416 e. The van der Waals surface area contributed by atoms with Gasteiger partial charge in [0.1, 0.15) is 30.4 Å². The summed E-state index contributed by atoms with van der Waals surface area (Å²) < 4.78 is 57.7. The van der Waals surface area contributed by atoms with Crippen molar-refractivity contribution in [3.63, 3.8) is 0 Å². The number of rotatable bonds is 9. The van der Waals surface area contributed by atoms with E-state index in [0.717, 1.165) is 17.8 Å². The standard InChI is InChI=1S/C25H22F3N3O4/c1-33-11-12-34-22-9-8-18(25(26,27)28)14-21(22)30-24(32)17-5-4-6-20(13-17)35-16-19-15-31-10-3-2-7-23(31)29-19/h2-10,13-15H,11-12,16H2,1H3,(H,30,32). The number of carbonyl (C=O) groups excluding carboxylic acids is 1. The summed E-state index contributed by atoms with van der Waals surface area (Å²) in [5.74, 6) is -0.0999. The Kier molecular flexibility index (Phi) is 7.21. The SMILES string of the molecule is COCCOc1ccc(C(F)(F)F)cc1NC(=O)c1cccc(OCc2cn3ccccc3n2)c1. The molecule has 0 unspecified atom stereocenters. The normalized spacial score (nSPS) is 11.4. The number of benzene rings is 2. The zero-order valence-electron chi connectivity index (χ0n) is 18.7. The van der Waals surface area contributed by atoms with Crippen LogP contribution >= 0.6 is 0 Å². The van der Waals surface area contributed by atoms with Crippen LogP contribution in [0.2, 0.25) is 0 Å². The van der Waals surface area contributed by atoms with Crippen LogP contribution in [0.15, 0.2) is 73.1 Å². The first-order chi connectivity index (χ1) is 16.8. The number of carbonyl (C=O) groups is 1. The van der Waals surface area contributed by atoms with Crippen LogP contribution in [-0.4, -0.2) is 35.6 Å². The molecule has 35 heavy (non-hydrogen) atoms. The van der Waals surface area contributed by atoms with Crippen LogP contribution in [0.3, 0.4) is 0 Å². The summed E-state index contributed by atoms with van der Waals surface area (Å²) in [7, 11) is 1.48. The molecule has 0 aliphatic rings. The second kappa shape index (κ2) is 10.5. The van der Waals surface area contributed by atoms with Crippen LogP contribution in [0.25, 0.3) is 5.65 Å². The first-order valence-electron chi connectivity index (χ1n) is 10.6. The Morgan fingerprint density at radius 2 is 1.89 bits per heavy atom. The molecule has 0 fully saturated rings. The number of imidazole rings is 1. The van der Waals surface area contributed by atoms with Gasteiger partial charge in [0.05, 0.1) is 23.6 Å². The lowest BCUT2D eigenvalue weighted by atomic mass is 10.1. The molecule has 0 saturated heterocycles. The number of hydrogen-bond acceptors (Lipinski definition) is 5. The number of amides is 1. The summed E-state index contributed by atoms with van der Waals surface area (Å²) in [5.41, 5.74) is 0.683. The lowest BCUT2D eigenvalue weighted by Crippen LogP contribution is -2.15. The molecule has 0 aliphatic carbocycles. The van der Waals surface area contributed by atoms with Gasteiger partial charge in [-0.3, -0.25) is 4.79 Å². The Morgan fingerprint density at radius 3 is 2.66 bits per heavy atom. The summed E-state index contributed by atoms with van der Waals surface area (Å²) in [5, 5.41) is 2.51. The topological polar surface area (TPSA) is 74.1 Å². The smallest absolute Gasteiger partial charge is 0.416 e. The molecule has 10 heteroatoms. The number of ether oxygens (including phenoxy) is 3. The predicted octanol–water partition coefficient (Wildman–Crippen LogP) is 5.21. The number of nitrogens with one attached hydrogen (secondary N) is 1. The van der Waals surface area contributed by atoms with Crippen molar-refractivity contribution in [3.8, 4) is 11.5 Å². The minimum absolute atomic E-state index is 0.0997. The van der Waals surface area contributed by atoms with Crippen molar-refractivity contribution >= 4 is 17.2 Å².